The predicted molar refractivity (Wildman–Crippen MR) is 62.4 cm³/mol. The average Bonchev–Trinajstić information content (AvgIpc) is 2.18. The van der Waals surface area contributed by atoms with Crippen molar-refractivity contribution < 1.29 is 9.78 Å². The maximum Gasteiger partial charge on any atom is 0.101 e. The summed E-state index contributed by atoms with van der Waals surface area (Å²) < 4.78 is 0. The summed E-state index contributed by atoms with van der Waals surface area (Å²) in [6.07, 6.45) is 6.86. The highest BCUT2D eigenvalue weighted by Crippen LogP contribution is 2.37. The molecule has 0 bridgehead atoms. The summed E-state index contributed by atoms with van der Waals surface area (Å²) in [6, 6.07) is 0. The highest BCUT2D eigenvalue weighted by atomic mass is 17.2. The van der Waals surface area contributed by atoms with Crippen LogP contribution in [0.4, 0.5) is 0 Å². The molecule has 1 fully saturated rings. The topological polar surface area (TPSA) is 18.5 Å². The van der Waals surface area contributed by atoms with Gasteiger partial charge in [-0.05, 0) is 38.5 Å². The van der Waals surface area contributed by atoms with Gasteiger partial charge < -0.3 is 0 Å². The van der Waals surface area contributed by atoms with E-state index in [9.17, 15) is 0 Å². The Labute approximate surface area is 93.6 Å². The third kappa shape index (κ3) is 3.96. The molecule has 0 saturated heterocycles. The van der Waals surface area contributed by atoms with Crippen molar-refractivity contribution in [2.45, 2.75) is 52.1 Å². The van der Waals surface area contributed by atoms with Crippen LogP contribution >= 0.6 is 0 Å². The molecule has 0 N–H and O–H groups in total. The first-order valence-electron chi connectivity index (χ1n) is 5.97. The lowest BCUT2D eigenvalue weighted by Crippen LogP contribution is -2.36. The van der Waals surface area contributed by atoms with Crippen LogP contribution in [0.25, 0.3) is 0 Å². The van der Waals surface area contributed by atoms with Gasteiger partial charge in [-0.15, -0.1) is 6.58 Å². The van der Waals surface area contributed by atoms with Crippen LogP contribution in [-0.2, 0) is 9.78 Å². The Bertz CT molecular complexity index is 191. The molecule has 88 valence electrons. The molecule has 1 saturated carbocycles. The third-order valence-electron chi connectivity index (χ3n) is 3.46. The fourth-order valence-electron chi connectivity index (χ4n) is 2.26. The van der Waals surface area contributed by atoms with Crippen LogP contribution in [0.15, 0.2) is 12.7 Å². The summed E-state index contributed by atoms with van der Waals surface area (Å²) in [6.45, 7) is 10.6. The van der Waals surface area contributed by atoms with E-state index in [0.29, 0.717) is 12.5 Å². The molecule has 0 spiro atoms. The van der Waals surface area contributed by atoms with Gasteiger partial charge in [0.1, 0.15) is 12.2 Å². The van der Waals surface area contributed by atoms with Gasteiger partial charge >= 0.3 is 0 Å². The quantitative estimate of drug-likeness (QED) is 0.299. The zero-order valence-corrected chi connectivity index (χ0v) is 10.3. The van der Waals surface area contributed by atoms with Gasteiger partial charge in [0.2, 0.25) is 0 Å². The van der Waals surface area contributed by atoms with Gasteiger partial charge in [-0.3, -0.25) is 0 Å². The zero-order valence-electron chi connectivity index (χ0n) is 10.3. The lowest BCUT2D eigenvalue weighted by molar-refractivity contribution is -0.360. The van der Waals surface area contributed by atoms with Crippen LogP contribution in [0, 0.1) is 11.8 Å². The second-order valence-electron chi connectivity index (χ2n) is 5.22. The molecule has 15 heavy (non-hydrogen) atoms. The molecule has 0 radical (unpaired) electrons. The fourth-order valence-corrected chi connectivity index (χ4v) is 2.26. The van der Waals surface area contributed by atoms with Crippen molar-refractivity contribution in [3.05, 3.63) is 12.7 Å². The van der Waals surface area contributed by atoms with E-state index >= 15 is 0 Å². The van der Waals surface area contributed by atoms with Crippen molar-refractivity contribution >= 4 is 0 Å². The molecule has 0 unspecified atom stereocenters. The van der Waals surface area contributed by atoms with E-state index in [1.165, 1.54) is 25.7 Å². The van der Waals surface area contributed by atoms with Gasteiger partial charge in [0, 0.05) is 0 Å². The lowest BCUT2D eigenvalue weighted by atomic mass is 9.75. The first-order chi connectivity index (χ1) is 7.06. The normalized spacial score (nSPS) is 27.7. The molecule has 2 heteroatoms. The van der Waals surface area contributed by atoms with E-state index in [4.69, 9.17) is 9.78 Å². The summed E-state index contributed by atoms with van der Waals surface area (Å²) in [5.41, 5.74) is -0.164. The first-order valence-corrected chi connectivity index (χ1v) is 5.97. The molecular weight excluding hydrogens is 188 g/mol. The van der Waals surface area contributed by atoms with Crippen molar-refractivity contribution in [2.75, 3.05) is 6.61 Å². The number of rotatable bonds is 5. The predicted octanol–water partition coefficient (Wildman–Crippen LogP) is 3.73. The molecule has 1 rings (SSSR count). The second-order valence-corrected chi connectivity index (χ2v) is 5.22. The van der Waals surface area contributed by atoms with E-state index in [-0.39, 0.29) is 5.60 Å². The van der Waals surface area contributed by atoms with E-state index < -0.39 is 0 Å². The van der Waals surface area contributed by atoms with Crippen LogP contribution in [0.1, 0.15) is 46.5 Å². The fraction of sp³-hybridized carbons (Fsp3) is 0.846. The Balaban J connectivity index is 2.35. The van der Waals surface area contributed by atoms with Crippen molar-refractivity contribution in [3.8, 4) is 0 Å². The summed E-state index contributed by atoms with van der Waals surface area (Å²) in [4.78, 5) is 10.6. The van der Waals surface area contributed by atoms with Gasteiger partial charge in [-0.1, -0.05) is 25.8 Å². The van der Waals surface area contributed by atoms with Crippen molar-refractivity contribution in [2.24, 2.45) is 11.8 Å². The summed E-state index contributed by atoms with van der Waals surface area (Å²) in [5.74, 6) is 1.50. The summed E-state index contributed by atoms with van der Waals surface area (Å²) in [5, 5.41) is 0. The molecule has 1 aliphatic carbocycles. The van der Waals surface area contributed by atoms with E-state index in [2.05, 4.69) is 27.4 Å². The number of hydrogen-bond acceptors (Lipinski definition) is 2. The van der Waals surface area contributed by atoms with E-state index in [1.54, 1.807) is 6.08 Å². The van der Waals surface area contributed by atoms with E-state index in [0.717, 1.165) is 5.92 Å². The van der Waals surface area contributed by atoms with Crippen LogP contribution in [0.3, 0.4) is 0 Å². The monoisotopic (exact) mass is 212 g/mol. The minimum absolute atomic E-state index is 0.164. The van der Waals surface area contributed by atoms with Gasteiger partial charge in [0.15, 0.2) is 0 Å². The van der Waals surface area contributed by atoms with Crippen LogP contribution in [0.2, 0.25) is 0 Å². The first kappa shape index (κ1) is 12.7. The zero-order chi connectivity index (χ0) is 11.3. The van der Waals surface area contributed by atoms with Gasteiger partial charge in [-0.2, -0.15) is 0 Å². The van der Waals surface area contributed by atoms with Gasteiger partial charge in [-0.25, -0.2) is 9.78 Å². The second kappa shape index (κ2) is 5.66. The molecule has 0 aromatic rings. The molecule has 2 nitrogen and oxygen atoms in total. The van der Waals surface area contributed by atoms with Gasteiger partial charge in [0.25, 0.3) is 0 Å². The maximum atomic E-state index is 5.47. The average molecular weight is 212 g/mol. The molecule has 0 aromatic heterocycles. The van der Waals surface area contributed by atoms with Crippen LogP contribution < -0.4 is 0 Å². The van der Waals surface area contributed by atoms with Gasteiger partial charge in [0.05, 0.1) is 0 Å². The molecule has 0 heterocycles. The Morgan fingerprint density at radius 2 is 1.87 bits per heavy atom. The smallest absolute Gasteiger partial charge is 0.101 e. The summed E-state index contributed by atoms with van der Waals surface area (Å²) >= 11 is 0. The highest BCUT2D eigenvalue weighted by molar-refractivity contribution is 4.82. The minimum Gasteiger partial charge on any atom is -0.232 e. The highest BCUT2D eigenvalue weighted by Gasteiger charge is 2.34. The van der Waals surface area contributed by atoms with E-state index in [1.807, 2.05) is 0 Å². The molecule has 0 aromatic carbocycles. The largest absolute Gasteiger partial charge is 0.232 e. The molecular formula is C13H24O2. The Kier molecular flexibility index (Phi) is 4.81. The molecule has 0 aliphatic heterocycles. The minimum atomic E-state index is -0.164. The lowest BCUT2D eigenvalue weighted by Gasteiger charge is -2.37. The Morgan fingerprint density at radius 1 is 1.27 bits per heavy atom. The van der Waals surface area contributed by atoms with Crippen molar-refractivity contribution in [1.29, 1.82) is 0 Å². The van der Waals surface area contributed by atoms with Crippen molar-refractivity contribution in [3.63, 3.8) is 0 Å². The Morgan fingerprint density at radius 3 is 2.40 bits per heavy atom. The van der Waals surface area contributed by atoms with Crippen LogP contribution in [0.5, 0.6) is 0 Å². The molecule has 0 atom stereocenters. The van der Waals surface area contributed by atoms with Crippen molar-refractivity contribution in [1.82, 2.24) is 0 Å². The standard InChI is InChI=1S/C13H24O2/c1-5-10-14-15-13(3,4)12-8-6-11(2)7-9-12/h5,11-12H,1,6-10H2,2-4H3. The third-order valence-corrected chi connectivity index (χ3v) is 3.46. The molecule has 0 amide bonds. The molecule has 1 aliphatic rings. The summed E-state index contributed by atoms with van der Waals surface area (Å²) in [7, 11) is 0. The maximum absolute atomic E-state index is 5.47. The number of hydrogen-bond donors (Lipinski definition) is 0. The Hall–Kier alpha value is -0.340. The SMILES string of the molecule is C=CCOOC(C)(C)C1CCC(C)CC1. The van der Waals surface area contributed by atoms with Crippen LogP contribution in [-0.4, -0.2) is 12.2 Å².